The topological polar surface area (TPSA) is 67.2 Å². The van der Waals surface area contributed by atoms with E-state index in [-0.39, 0.29) is 5.91 Å². The molecule has 3 rings (SSSR count). The summed E-state index contributed by atoms with van der Waals surface area (Å²) in [6.07, 6.45) is 3.46. The molecule has 0 radical (unpaired) electrons. The van der Waals surface area contributed by atoms with Crippen molar-refractivity contribution in [3.8, 4) is 0 Å². The minimum Gasteiger partial charge on any atom is -0.346 e. The Morgan fingerprint density at radius 3 is 2.91 bits per heavy atom. The highest BCUT2D eigenvalue weighted by atomic mass is 79.9. The zero-order valence-corrected chi connectivity index (χ0v) is 14.4. The molecule has 0 unspecified atom stereocenters. The molecule has 1 aliphatic rings. The number of carbonyl (C=O) groups is 1. The second-order valence-corrected chi connectivity index (χ2v) is 6.22. The molecule has 0 aliphatic carbocycles. The Morgan fingerprint density at radius 2 is 2.14 bits per heavy atom. The Kier molecular flexibility index (Phi) is 4.28. The number of rotatable bonds is 3. The smallest absolute Gasteiger partial charge is 0.242 e. The molecule has 22 heavy (non-hydrogen) atoms. The molecule has 1 amide bonds. The van der Waals surface area contributed by atoms with E-state index in [1.165, 1.54) is 6.33 Å². The number of anilines is 1. The first-order chi connectivity index (χ1) is 10.6. The SMILES string of the molecule is CCCN1CCCN(c2ncnc3c2c(Br)nn3C)CC1=O. The van der Waals surface area contributed by atoms with Gasteiger partial charge in [-0.3, -0.25) is 4.79 Å². The Balaban J connectivity index is 1.96. The van der Waals surface area contributed by atoms with Crippen molar-refractivity contribution in [2.45, 2.75) is 19.8 Å². The van der Waals surface area contributed by atoms with Crippen LogP contribution in [0.5, 0.6) is 0 Å². The van der Waals surface area contributed by atoms with Crippen LogP contribution in [0, 0.1) is 0 Å². The van der Waals surface area contributed by atoms with Gasteiger partial charge >= 0.3 is 0 Å². The number of amides is 1. The summed E-state index contributed by atoms with van der Waals surface area (Å²) in [7, 11) is 1.85. The van der Waals surface area contributed by atoms with E-state index in [1.54, 1.807) is 4.68 Å². The molecule has 118 valence electrons. The molecule has 0 bridgehead atoms. The first-order valence-corrected chi connectivity index (χ1v) is 8.27. The number of hydrogen-bond acceptors (Lipinski definition) is 5. The number of nitrogens with zero attached hydrogens (tertiary/aromatic N) is 6. The van der Waals surface area contributed by atoms with Crippen molar-refractivity contribution in [3.05, 3.63) is 10.9 Å². The summed E-state index contributed by atoms with van der Waals surface area (Å²) in [5, 5.41) is 5.20. The lowest BCUT2D eigenvalue weighted by atomic mass is 10.3. The highest BCUT2D eigenvalue weighted by Crippen LogP contribution is 2.30. The van der Waals surface area contributed by atoms with Crippen molar-refractivity contribution >= 4 is 38.7 Å². The molecule has 0 atom stereocenters. The lowest BCUT2D eigenvalue weighted by Crippen LogP contribution is -2.37. The predicted molar refractivity (Wildman–Crippen MR) is 87.7 cm³/mol. The largest absolute Gasteiger partial charge is 0.346 e. The van der Waals surface area contributed by atoms with Gasteiger partial charge in [0.05, 0.1) is 11.9 Å². The number of halogens is 1. The number of hydrogen-bond donors (Lipinski definition) is 0. The van der Waals surface area contributed by atoms with E-state index in [9.17, 15) is 4.79 Å². The van der Waals surface area contributed by atoms with Gasteiger partial charge in [-0.2, -0.15) is 5.10 Å². The molecular weight excluding hydrogens is 348 g/mol. The van der Waals surface area contributed by atoms with Crippen LogP contribution in [-0.4, -0.2) is 56.7 Å². The van der Waals surface area contributed by atoms with E-state index in [0.717, 1.165) is 49.3 Å². The summed E-state index contributed by atoms with van der Waals surface area (Å²) in [6.45, 7) is 4.89. The average Bonchev–Trinajstić information content (AvgIpc) is 2.68. The van der Waals surface area contributed by atoms with Crippen LogP contribution in [0.4, 0.5) is 5.82 Å². The third kappa shape index (κ3) is 2.67. The van der Waals surface area contributed by atoms with Crippen LogP contribution in [0.25, 0.3) is 11.0 Å². The lowest BCUT2D eigenvalue weighted by molar-refractivity contribution is -0.129. The quantitative estimate of drug-likeness (QED) is 0.824. The van der Waals surface area contributed by atoms with Gasteiger partial charge < -0.3 is 9.80 Å². The van der Waals surface area contributed by atoms with Gasteiger partial charge in [0.2, 0.25) is 5.91 Å². The van der Waals surface area contributed by atoms with Gasteiger partial charge in [0.1, 0.15) is 16.7 Å². The summed E-state index contributed by atoms with van der Waals surface area (Å²) >= 11 is 3.47. The molecule has 2 aromatic rings. The summed E-state index contributed by atoms with van der Waals surface area (Å²) in [6, 6.07) is 0. The van der Waals surface area contributed by atoms with Crippen molar-refractivity contribution in [1.29, 1.82) is 0 Å². The van der Waals surface area contributed by atoms with E-state index in [1.807, 2.05) is 16.8 Å². The summed E-state index contributed by atoms with van der Waals surface area (Å²) < 4.78 is 2.43. The van der Waals surface area contributed by atoms with Gasteiger partial charge in [0.25, 0.3) is 0 Å². The highest BCUT2D eigenvalue weighted by Gasteiger charge is 2.25. The number of carbonyl (C=O) groups excluding carboxylic acids is 1. The van der Waals surface area contributed by atoms with E-state index in [0.29, 0.717) is 11.1 Å². The Labute approximate surface area is 137 Å². The van der Waals surface area contributed by atoms with Gasteiger partial charge in [-0.15, -0.1) is 0 Å². The molecule has 1 aliphatic heterocycles. The predicted octanol–water partition coefficient (Wildman–Crippen LogP) is 1.57. The van der Waals surface area contributed by atoms with Crippen molar-refractivity contribution < 1.29 is 4.79 Å². The van der Waals surface area contributed by atoms with Crippen molar-refractivity contribution in [2.24, 2.45) is 7.05 Å². The van der Waals surface area contributed by atoms with Crippen LogP contribution in [0.3, 0.4) is 0 Å². The molecule has 2 aromatic heterocycles. The fourth-order valence-corrected chi connectivity index (χ4v) is 3.47. The van der Waals surface area contributed by atoms with E-state index in [2.05, 4.69) is 37.9 Å². The zero-order chi connectivity index (χ0) is 15.7. The summed E-state index contributed by atoms with van der Waals surface area (Å²) in [4.78, 5) is 25.1. The zero-order valence-electron chi connectivity index (χ0n) is 12.8. The third-order valence-electron chi connectivity index (χ3n) is 3.89. The highest BCUT2D eigenvalue weighted by molar-refractivity contribution is 9.10. The van der Waals surface area contributed by atoms with Crippen LogP contribution in [0.1, 0.15) is 19.8 Å². The second-order valence-electron chi connectivity index (χ2n) is 5.47. The lowest BCUT2D eigenvalue weighted by Gasteiger charge is -2.22. The molecule has 7 nitrogen and oxygen atoms in total. The van der Waals surface area contributed by atoms with Crippen LogP contribution in [-0.2, 0) is 11.8 Å². The Bertz CT molecular complexity index is 700. The van der Waals surface area contributed by atoms with Gasteiger partial charge in [0, 0.05) is 26.7 Å². The fourth-order valence-electron chi connectivity index (χ4n) is 2.87. The van der Waals surface area contributed by atoms with Crippen molar-refractivity contribution in [2.75, 3.05) is 31.1 Å². The maximum atomic E-state index is 12.4. The Morgan fingerprint density at radius 1 is 1.32 bits per heavy atom. The van der Waals surface area contributed by atoms with Gasteiger partial charge in [-0.25, -0.2) is 14.6 Å². The monoisotopic (exact) mass is 366 g/mol. The molecule has 8 heteroatoms. The maximum absolute atomic E-state index is 12.4. The molecule has 1 saturated heterocycles. The number of aromatic nitrogens is 4. The first-order valence-electron chi connectivity index (χ1n) is 7.47. The van der Waals surface area contributed by atoms with Gasteiger partial charge in [-0.05, 0) is 28.8 Å². The van der Waals surface area contributed by atoms with Crippen molar-refractivity contribution in [3.63, 3.8) is 0 Å². The minimum absolute atomic E-state index is 0.158. The molecule has 0 N–H and O–H groups in total. The molecule has 1 fully saturated rings. The summed E-state index contributed by atoms with van der Waals surface area (Å²) in [5.74, 6) is 0.933. The van der Waals surface area contributed by atoms with Crippen molar-refractivity contribution in [1.82, 2.24) is 24.6 Å². The van der Waals surface area contributed by atoms with Crippen LogP contribution < -0.4 is 4.90 Å². The Hall–Kier alpha value is -1.70. The standard InChI is InChI=1S/C14H19BrN6O/c1-3-5-20-6-4-7-21(8-10(20)22)14-11-12(15)18-19(2)13(11)16-9-17-14/h9H,3-8H2,1-2H3. The molecule has 3 heterocycles. The number of fused-ring (bicyclic) bond motifs is 1. The van der Waals surface area contributed by atoms with Crippen LogP contribution >= 0.6 is 15.9 Å². The molecule has 0 saturated carbocycles. The average molecular weight is 367 g/mol. The van der Waals surface area contributed by atoms with Crippen LogP contribution in [0.15, 0.2) is 10.9 Å². The third-order valence-corrected chi connectivity index (χ3v) is 4.44. The van der Waals surface area contributed by atoms with Gasteiger partial charge in [-0.1, -0.05) is 6.92 Å². The van der Waals surface area contributed by atoms with Gasteiger partial charge in [0.15, 0.2) is 5.65 Å². The summed E-state index contributed by atoms with van der Waals surface area (Å²) in [5.41, 5.74) is 0.763. The maximum Gasteiger partial charge on any atom is 0.242 e. The van der Waals surface area contributed by atoms with E-state index in [4.69, 9.17) is 0 Å². The fraction of sp³-hybridized carbons (Fsp3) is 0.571. The second kappa shape index (κ2) is 6.20. The van der Waals surface area contributed by atoms with Crippen LogP contribution in [0.2, 0.25) is 0 Å². The molecule has 0 aromatic carbocycles. The first kappa shape index (κ1) is 15.2. The molecular formula is C14H19BrN6O. The van der Waals surface area contributed by atoms with E-state index >= 15 is 0 Å². The normalized spacial score (nSPS) is 16.4. The number of aryl methyl sites for hydroxylation is 1. The van der Waals surface area contributed by atoms with E-state index < -0.39 is 0 Å². The molecule has 0 spiro atoms. The minimum atomic E-state index is 0.158.